The molecule has 0 saturated heterocycles. The highest BCUT2D eigenvalue weighted by Crippen LogP contribution is 2.35. The molecular weight excluding hydrogens is 192 g/mol. The van der Waals surface area contributed by atoms with Crippen LogP contribution in [0.1, 0.15) is 17.2 Å². The van der Waals surface area contributed by atoms with Gasteiger partial charge < -0.3 is 15.6 Å². The van der Waals surface area contributed by atoms with E-state index in [2.05, 4.69) is 6.58 Å². The summed E-state index contributed by atoms with van der Waals surface area (Å²) < 4.78 is 4.93. The van der Waals surface area contributed by atoms with E-state index in [9.17, 15) is 5.11 Å². The first-order valence-electron chi connectivity index (χ1n) is 4.33. The second kappa shape index (κ2) is 4.49. The third kappa shape index (κ3) is 1.92. The zero-order valence-corrected chi connectivity index (χ0v) is 8.40. The van der Waals surface area contributed by atoms with Crippen molar-refractivity contribution in [2.45, 2.75) is 6.04 Å². The van der Waals surface area contributed by atoms with E-state index in [1.165, 1.54) is 19.3 Å². The number of nitrogens with zero attached hydrogens (tertiary/aromatic N) is 1. The molecule has 4 heteroatoms. The van der Waals surface area contributed by atoms with Gasteiger partial charge in [0.25, 0.3) is 0 Å². The van der Waals surface area contributed by atoms with E-state index in [-0.39, 0.29) is 5.75 Å². The van der Waals surface area contributed by atoms with E-state index in [0.29, 0.717) is 16.9 Å². The average Bonchev–Trinajstić information content (AvgIpc) is 2.27. The van der Waals surface area contributed by atoms with Gasteiger partial charge in [-0.2, -0.15) is 5.26 Å². The highest BCUT2D eigenvalue weighted by molar-refractivity contribution is 5.56. The Kier molecular flexibility index (Phi) is 3.32. The van der Waals surface area contributed by atoms with Gasteiger partial charge in [-0.25, -0.2) is 0 Å². The standard InChI is InChI=1S/C11H12N2O2/c1-3-8(13)10-7(6-12)4-5-9(15-2)11(10)14/h3-5,8,14H,1,13H2,2H3/t8-/m0/s1. The molecule has 0 radical (unpaired) electrons. The van der Waals surface area contributed by atoms with Gasteiger partial charge in [-0.15, -0.1) is 6.58 Å². The minimum absolute atomic E-state index is 0.107. The van der Waals surface area contributed by atoms with Crippen LogP contribution in [0.4, 0.5) is 0 Å². The number of aromatic hydroxyl groups is 1. The fraction of sp³-hybridized carbons (Fsp3) is 0.182. The van der Waals surface area contributed by atoms with Gasteiger partial charge in [0.15, 0.2) is 11.5 Å². The fourth-order valence-electron chi connectivity index (χ4n) is 1.31. The highest BCUT2D eigenvalue weighted by Gasteiger charge is 2.17. The number of hydrogen-bond donors (Lipinski definition) is 2. The largest absolute Gasteiger partial charge is 0.504 e. The van der Waals surface area contributed by atoms with Gasteiger partial charge in [-0.05, 0) is 12.1 Å². The summed E-state index contributed by atoms with van der Waals surface area (Å²) in [5.74, 6) is 0.185. The molecule has 1 aromatic rings. The molecule has 78 valence electrons. The molecule has 0 heterocycles. The molecule has 1 rings (SSSR count). The van der Waals surface area contributed by atoms with Crippen molar-refractivity contribution in [3.63, 3.8) is 0 Å². The number of nitriles is 1. The second-order valence-corrected chi connectivity index (χ2v) is 2.95. The number of phenols is 1. The van der Waals surface area contributed by atoms with E-state index < -0.39 is 6.04 Å². The van der Waals surface area contributed by atoms with Crippen molar-refractivity contribution in [1.29, 1.82) is 5.26 Å². The summed E-state index contributed by atoms with van der Waals surface area (Å²) in [5.41, 5.74) is 6.37. The quantitative estimate of drug-likeness (QED) is 0.730. The van der Waals surface area contributed by atoms with Crippen molar-refractivity contribution in [3.05, 3.63) is 35.9 Å². The molecule has 0 unspecified atom stereocenters. The van der Waals surface area contributed by atoms with Gasteiger partial charge in [-0.1, -0.05) is 6.08 Å². The third-order valence-electron chi connectivity index (χ3n) is 2.11. The van der Waals surface area contributed by atoms with E-state index in [4.69, 9.17) is 15.7 Å². The van der Waals surface area contributed by atoms with Crippen molar-refractivity contribution in [2.75, 3.05) is 7.11 Å². The molecule has 0 bridgehead atoms. The molecule has 15 heavy (non-hydrogen) atoms. The van der Waals surface area contributed by atoms with Gasteiger partial charge in [0.2, 0.25) is 0 Å². The van der Waals surface area contributed by atoms with Gasteiger partial charge in [0, 0.05) is 5.56 Å². The Morgan fingerprint density at radius 2 is 2.33 bits per heavy atom. The molecule has 0 aromatic heterocycles. The van der Waals surface area contributed by atoms with Gasteiger partial charge in [-0.3, -0.25) is 0 Å². The topological polar surface area (TPSA) is 79.3 Å². The van der Waals surface area contributed by atoms with Crippen LogP contribution in [-0.4, -0.2) is 12.2 Å². The molecule has 0 amide bonds. The van der Waals surface area contributed by atoms with Crippen LogP contribution < -0.4 is 10.5 Å². The van der Waals surface area contributed by atoms with E-state index in [1.54, 1.807) is 6.07 Å². The first-order valence-corrected chi connectivity index (χ1v) is 4.33. The third-order valence-corrected chi connectivity index (χ3v) is 2.11. The lowest BCUT2D eigenvalue weighted by Gasteiger charge is -2.13. The van der Waals surface area contributed by atoms with Crippen LogP contribution >= 0.6 is 0 Å². The van der Waals surface area contributed by atoms with Gasteiger partial charge in [0.1, 0.15) is 0 Å². The van der Waals surface area contributed by atoms with E-state index >= 15 is 0 Å². The lowest BCUT2D eigenvalue weighted by atomic mass is 10.00. The Labute approximate surface area is 88.2 Å². The van der Waals surface area contributed by atoms with Crippen LogP contribution in [0.15, 0.2) is 24.8 Å². The Bertz CT molecular complexity index is 421. The zero-order valence-electron chi connectivity index (χ0n) is 8.40. The number of rotatable bonds is 3. The zero-order chi connectivity index (χ0) is 11.4. The Morgan fingerprint density at radius 1 is 1.67 bits per heavy atom. The first-order chi connectivity index (χ1) is 7.15. The number of methoxy groups -OCH3 is 1. The second-order valence-electron chi connectivity index (χ2n) is 2.95. The van der Waals surface area contributed by atoms with Crippen molar-refractivity contribution in [1.82, 2.24) is 0 Å². The van der Waals surface area contributed by atoms with E-state index in [1.807, 2.05) is 6.07 Å². The van der Waals surface area contributed by atoms with Crippen LogP contribution in [-0.2, 0) is 0 Å². The SMILES string of the molecule is C=C[C@H](N)c1c(C#N)ccc(OC)c1O. The molecule has 0 aliphatic heterocycles. The molecule has 1 atom stereocenters. The maximum absolute atomic E-state index is 9.80. The van der Waals surface area contributed by atoms with Crippen molar-refractivity contribution in [2.24, 2.45) is 5.73 Å². The predicted molar refractivity (Wildman–Crippen MR) is 56.5 cm³/mol. The molecule has 0 spiro atoms. The Hall–Kier alpha value is -1.99. The van der Waals surface area contributed by atoms with Crippen molar-refractivity contribution < 1.29 is 9.84 Å². The Morgan fingerprint density at radius 3 is 2.80 bits per heavy atom. The van der Waals surface area contributed by atoms with E-state index in [0.717, 1.165) is 0 Å². The summed E-state index contributed by atoms with van der Waals surface area (Å²) >= 11 is 0. The van der Waals surface area contributed by atoms with Gasteiger partial charge in [0.05, 0.1) is 24.8 Å². The van der Waals surface area contributed by atoms with Crippen LogP contribution in [0, 0.1) is 11.3 Å². The number of benzene rings is 1. The van der Waals surface area contributed by atoms with Crippen LogP contribution in [0.5, 0.6) is 11.5 Å². The summed E-state index contributed by atoms with van der Waals surface area (Å²) in [5, 5.41) is 18.7. The number of phenolic OH excluding ortho intramolecular Hbond substituents is 1. The van der Waals surface area contributed by atoms with Crippen LogP contribution in [0.3, 0.4) is 0 Å². The molecule has 4 nitrogen and oxygen atoms in total. The minimum atomic E-state index is -0.588. The van der Waals surface area contributed by atoms with Crippen molar-refractivity contribution in [3.8, 4) is 17.6 Å². The van der Waals surface area contributed by atoms with Crippen LogP contribution in [0.25, 0.3) is 0 Å². The monoisotopic (exact) mass is 204 g/mol. The fourth-order valence-corrected chi connectivity index (χ4v) is 1.31. The molecule has 3 N–H and O–H groups in total. The van der Waals surface area contributed by atoms with Gasteiger partial charge >= 0.3 is 0 Å². The average molecular weight is 204 g/mol. The maximum Gasteiger partial charge on any atom is 0.164 e. The minimum Gasteiger partial charge on any atom is -0.504 e. The lowest BCUT2D eigenvalue weighted by molar-refractivity contribution is 0.369. The molecule has 1 aromatic carbocycles. The first kappa shape index (κ1) is 11.1. The number of ether oxygens (including phenoxy) is 1. The highest BCUT2D eigenvalue weighted by atomic mass is 16.5. The summed E-state index contributed by atoms with van der Waals surface area (Å²) in [6.07, 6.45) is 1.45. The molecule has 0 aliphatic carbocycles. The lowest BCUT2D eigenvalue weighted by Crippen LogP contribution is -2.09. The molecule has 0 aliphatic rings. The normalized spacial score (nSPS) is 11.5. The molecule has 0 fully saturated rings. The summed E-state index contributed by atoms with van der Waals surface area (Å²) in [4.78, 5) is 0. The smallest absolute Gasteiger partial charge is 0.164 e. The number of hydrogen-bond acceptors (Lipinski definition) is 4. The molecular formula is C11H12N2O2. The predicted octanol–water partition coefficient (Wildman–Crippen LogP) is 1.46. The summed E-state index contributed by atoms with van der Waals surface area (Å²) in [6.45, 7) is 3.52. The number of nitrogens with two attached hydrogens (primary N) is 1. The maximum atomic E-state index is 9.80. The van der Waals surface area contributed by atoms with Crippen LogP contribution in [0.2, 0.25) is 0 Å². The summed E-state index contributed by atoms with van der Waals surface area (Å²) in [6, 6.07) is 4.45. The van der Waals surface area contributed by atoms with Crippen molar-refractivity contribution >= 4 is 0 Å². The Balaban J connectivity index is 3.43. The summed E-state index contributed by atoms with van der Waals surface area (Å²) in [7, 11) is 1.43. The molecule has 0 saturated carbocycles.